The Kier molecular flexibility index (Phi) is 5.92. The molecule has 1 fully saturated rings. The minimum absolute atomic E-state index is 0.278. The second-order valence-corrected chi connectivity index (χ2v) is 5.78. The van der Waals surface area contributed by atoms with Gasteiger partial charge in [0, 0.05) is 43.8 Å². The van der Waals surface area contributed by atoms with Crippen molar-refractivity contribution in [2.24, 2.45) is 0 Å². The van der Waals surface area contributed by atoms with Crippen molar-refractivity contribution in [3.8, 4) is 0 Å². The lowest BCUT2D eigenvalue weighted by Gasteiger charge is -2.26. The Morgan fingerprint density at radius 1 is 1.20 bits per heavy atom. The van der Waals surface area contributed by atoms with E-state index >= 15 is 0 Å². The maximum absolute atomic E-state index is 13.2. The molecule has 1 aromatic heterocycles. The number of nitrogens with zero attached hydrogens (tertiary/aromatic N) is 2. The van der Waals surface area contributed by atoms with E-state index in [4.69, 9.17) is 4.74 Å². The number of pyridine rings is 1. The summed E-state index contributed by atoms with van der Waals surface area (Å²) < 4.78 is 18.5. The summed E-state index contributed by atoms with van der Waals surface area (Å²) in [5.41, 5.74) is 1.51. The van der Waals surface area contributed by atoms with Crippen molar-refractivity contribution in [2.45, 2.75) is 0 Å². The van der Waals surface area contributed by atoms with Crippen LogP contribution in [0.1, 0.15) is 10.5 Å². The third kappa shape index (κ3) is 5.23. The van der Waals surface area contributed by atoms with E-state index in [0.29, 0.717) is 5.69 Å². The molecule has 0 spiro atoms. The molecule has 0 bridgehead atoms. The van der Waals surface area contributed by atoms with Gasteiger partial charge in [0.25, 0.3) is 5.91 Å². The predicted molar refractivity (Wildman–Crippen MR) is 94.3 cm³/mol. The molecule has 1 aliphatic heterocycles. The number of benzene rings is 1. The van der Waals surface area contributed by atoms with Crippen LogP contribution in [0.5, 0.6) is 0 Å². The molecule has 1 amide bonds. The van der Waals surface area contributed by atoms with Gasteiger partial charge < -0.3 is 15.4 Å². The first-order valence-electron chi connectivity index (χ1n) is 8.28. The lowest BCUT2D eigenvalue weighted by Crippen LogP contribution is -2.39. The number of halogens is 1. The topological polar surface area (TPSA) is 66.5 Å². The number of rotatable bonds is 6. The van der Waals surface area contributed by atoms with E-state index < -0.39 is 5.82 Å². The minimum Gasteiger partial charge on any atom is -0.384 e. The van der Waals surface area contributed by atoms with E-state index in [1.54, 1.807) is 24.4 Å². The van der Waals surface area contributed by atoms with Crippen molar-refractivity contribution in [3.05, 3.63) is 54.1 Å². The summed E-state index contributed by atoms with van der Waals surface area (Å²) in [6.45, 7) is 5.13. The van der Waals surface area contributed by atoms with Gasteiger partial charge in [-0.2, -0.15) is 0 Å². The summed E-state index contributed by atoms with van der Waals surface area (Å²) in [5, 5.41) is 5.94. The first kappa shape index (κ1) is 17.3. The van der Waals surface area contributed by atoms with Crippen molar-refractivity contribution in [3.63, 3.8) is 0 Å². The third-order valence-electron chi connectivity index (χ3n) is 3.94. The Bertz CT molecular complexity index is 720. The number of carbonyl (C=O) groups is 1. The van der Waals surface area contributed by atoms with Crippen molar-refractivity contribution in [2.75, 3.05) is 50.0 Å². The minimum atomic E-state index is -0.399. The van der Waals surface area contributed by atoms with E-state index in [9.17, 15) is 9.18 Å². The van der Waals surface area contributed by atoms with Crippen LogP contribution in [0.2, 0.25) is 0 Å². The van der Waals surface area contributed by atoms with Gasteiger partial charge in [0.2, 0.25) is 0 Å². The zero-order chi connectivity index (χ0) is 17.5. The SMILES string of the molecule is O=C(Nc1cccc(F)c1)c1cc(NCCN2CCOCC2)ccn1. The summed E-state index contributed by atoms with van der Waals surface area (Å²) in [6, 6.07) is 9.27. The Balaban J connectivity index is 1.54. The molecule has 25 heavy (non-hydrogen) atoms. The molecular formula is C18H21FN4O2. The van der Waals surface area contributed by atoms with Gasteiger partial charge in [0.05, 0.1) is 13.2 Å². The summed E-state index contributed by atoms with van der Waals surface area (Å²) in [6.07, 6.45) is 1.58. The summed E-state index contributed by atoms with van der Waals surface area (Å²) in [4.78, 5) is 18.7. The molecule has 0 unspecified atom stereocenters. The van der Waals surface area contributed by atoms with E-state index in [1.807, 2.05) is 6.07 Å². The maximum atomic E-state index is 13.2. The van der Waals surface area contributed by atoms with Crippen LogP contribution < -0.4 is 10.6 Å². The Labute approximate surface area is 146 Å². The predicted octanol–water partition coefficient (Wildman–Crippen LogP) is 2.22. The smallest absolute Gasteiger partial charge is 0.274 e. The number of hydrogen-bond acceptors (Lipinski definition) is 5. The number of amides is 1. The highest BCUT2D eigenvalue weighted by Gasteiger charge is 2.11. The van der Waals surface area contributed by atoms with Crippen LogP contribution in [0.4, 0.5) is 15.8 Å². The van der Waals surface area contributed by atoms with E-state index in [1.165, 1.54) is 12.1 Å². The van der Waals surface area contributed by atoms with Gasteiger partial charge in [-0.05, 0) is 30.3 Å². The van der Waals surface area contributed by atoms with Gasteiger partial charge in [-0.1, -0.05) is 6.07 Å². The molecule has 0 aliphatic carbocycles. The van der Waals surface area contributed by atoms with Crippen molar-refractivity contribution < 1.29 is 13.9 Å². The summed E-state index contributed by atoms with van der Waals surface area (Å²) in [7, 11) is 0. The van der Waals surface area contributed by atoms with Crippen LogP contribution in [0, 0.1) is 5.82 Å². The molecule has 2 heterocycles. The van der Waals surface area contributed by atoms with Crippen molar-refractivity contribution in [1.82, 2.24) is 9.88 Å². The average Bonchev–Trinajstić information content (AvgIpc) is 2.63. The fourth-order valence-electron chi connectivity index (χ4n) is 2.61. The highest BCUT2D eigenvalue weighted by Crippen LogP contribution is 2.13. The van der Waals surface area contributed by atoms with Gasteiger partial charge in [-0.15, -0.1) is 0 Å². The van der Waals surface area contributed by atoms with Crippen LogP contribution in [-0.4, -0.2) is 55.2 Å². The first-order chi connectivity index (χ1) is 12.2. The molecule has 3 rings (SSSR count). The second kappa shape index (κ2) is 8.55. The molecule has 1 saturated heterocycles. The molecule has 2 N–H and O–H groups in total. The number of nitrogens with one attached hydrogen (secondary N) is 2. The zero-order valence-corrected chi connectivity index (χ0v) is 13.9. The lowest BCUT2D eigenvalue weighted by atomic mass is 10.2. The average molecular weight is 344 g/mol. The molecule has 0 radical (unpaired) electrons. The highest BCUT2D eigenvalue weighted by atomic mass is 19.1. The van der Waals surface area contributed by atoms with Gasteiger partial charge in [0.15, 0.2) is 0 Å². The molecule has 7 heteroatoms. The molecule has 6 nitrogen and oxygen atoms in total. The van der Waals surface area contributed by atoms with Crippen LogP contribution in [-0.2, 0) is 4.74 Å². The van der Waals surface area contributed by atoms with Crippen LogP contribution in [0.3, 0.4) is 0 Å². The second-order valence-electron chi connectivity index (χ2n) is 5.78. The number of hydrogen-bond donors (Lipinski definition) is 2. The first-order valence-corrected chi connectivity index (χ1v) is 8.28. The number of ether oxygens (including phenoxy) is 1. The Morgan fingerprint density at radius 3 is 2.84 bits per heavy atom. The quantitative estimate of drug-likeness (QED) is 0.841. The standard InChI is InChI=1S/C18H21FN4O2/c19-14-2-1-3-16(12-14)22-18(24)17-13-15(4-5-21-17)20-6-7-23-8-10-25-11-9-23/h1-5,12-13H,6-11H2,(H,20,21)(H,22,24). The maximum Gasteiger partial charge on any atom is 0.274 e. The van der Waals surface area contributed by atoms with E-state index in [0.717, 1.165) is 45.1 Å². The Morgan fingerprint density at radius 2 is 2.04 bits per heavy atom. The number of aromatic nitrogens is 1. The fourth-order valence-corrected chi connectivity index (χ4v) is 2.61. The number of anilines is 2. The van der Waals surface area contributed by atoms with Crippen molar-refractivity contribution >= 4 is 17.3 Å². The van der Waals surface area contributed by atoms with Crippen LogP contribution in [0.15, 0.2) is 42.6 Å². The fraction of sp³-hybridized carbons (Fsp3) is 0.333. The van der Waals surface area contributed by atoms with Gasteiger partial charge >= 0.3 is 0 Å². The summed E-state index contributed by atoms with van der Waals surface area (Å²) in [5.74, 6) is -0.772. The molecule has 1 aliphatic rings. The molecule has 0 saturated carbocycles. The Hall–Kier alpha value is -2.51. The van der Waals surface area contributed by atoms with Crippen LogP contribution in [0.25, 0.3) is 0 Å². The van der Waals surface area contributed by atoms with Gasteiger partial charge in [-0.25, -0.2) is 4.39 Å². The van der Waals surface area contributed by atoms with E-state index in [-0.39, 0.29) is 11.6 Å². The van der Waals surface area contributed by atoms with Crippen molar-refractivity contribution in [1.29, 1.82) is 0 Å². The van der Waals surface area contributed by atoms with Gasteiger partial charge in [0.1, 0.15) is 11.5 Å². The van der Waals surface area contributed by atoms with E-state index in [2.05, 4.69) is 20.5 Å². The van der Waals surface area contributed by atoms with Crippen LogP contribution >= 0.6 is 0 Å². The molecule has 1 aromatic carbocycles. The molecule has 132 valence electrons. The monoisotopic (exact) mass is 344 g/mol. The number of carbonyl (C=O) groups excluding carboxylic acids is 1. The molecule has 2 aromatic rings. The zero-order valence-electron chi connectivity index (χ0n) is 13.9. The van der Waals surface area contributed by atoms with Gasteiger partial charge in [-0.3, -0.25) is 14.7 Å². The largest absolute Gasteiger partial charge is 0.384 e. The normalized spacial score (nSPS) is 14.9. The highest BCUT2D eigenvalue weighted by molar-refractivity contribution is 6.03. The third-order valence-corrected chi connectivity index (χ3v) is 3.94. The summed E-state index contributed by atoms with van der Waals surface area (Å²) >= 11 is 0. The number of morpholine rings is 1. The lowest BCUT2D eigenvalue weighted by molar-refractivity contribution is 0.0398. The molecular weight excluding hydrogens is 323 g/mol. The molecule has 0 atom stereocenters.